The van der Waals surface area contributed by atoms with Crippen LogP contribution in [0.3, 0.4) is 0 Å². The third-order valence-electron chi connectivity index (χ3n) is 2.18. The van der Waals surface area contributed by atoms with Crippen molar-refractivity contribution in [1.82, 2.24) is 10.3 Å². The third kappa shape index (κ3) is 1.19. The molecule has 1 aromatic heterocycles. The highest BCUT2D eigenvalue weighted by Gasteiger charge is 2.18. The Morgan fingerprint density at radius 3 is 2.92 bits per heavy atom. The van der Waals surface area contributed by atoms with Crippen LogP contribution >= 0.6 is 0 Å². The van der Waals surface area contributed by atoms with Gasteiger partial charge in [0.1, 0.15) is 0 Å². The second-order valence-electron chi connectivity index (χ2n) is 3.01. The Morgan fingerprint density at radius 1 is 1.50 bits per heavy atom. The highest BCUT2D eigenvalue weighted by molar-refractivity contribution is 5.34. The molecule has 1 aliphatic heterocycles. The molecule has 2 nitrogen and oxygen atoms in total. The summed E-state index contributed by atoms with van der Waals surface area (Å²) >= 11 is 0. The van der Waals surface area contributed by atoms with Crippen molar-refractivity contribution in [3.63, 3.8) is 0 Å². The van der Waals surface area contributed by atoms with Crippen LogP contribution in [0.15, 0.2) is 18.5 Å². The number of pyridine rings is 1. The Balaban J connectivity index is 2.27. The molecule has 0 spiro atoms. The van der Waals surface area contributed by atoms with Gasteiger partial charge in [-0.3, -0.25) is 4.98 Å². The van der Waals surface area contributed by atoms with Gasteiger partial charge in [0.25, 0.3) is 0 Å². The van der Waals surface area contributed by atoms with E-state index in [0.717, 1.165) is 18.7 Å². The molecule has 0 bridgehead atoms. The first-order valence-corrected chi connectivity index (χ1v) is 4.02. The Hall–Kier alpha value is -1.33. The lowest BCUT2D eigenvalue weighted by molar-refractivity contribution is 0.447. The van der Waals surface area contributed by atoms with Crippen LogP contribution < -0.4 is 5.32 Å². The quantitative estimate of drug-likeness (QED) is 0.610. The summed E-state index contributed by atoms with van der Waals surface area (Å²) in [6, 6.07) is 2.04. The predicted octanol–water partition coefficient (Wildman–Crippen LogP) is 0.750. The molecule has 0 aromatic carbocycles. The van der Waals surface area contributed by atoms with Crippen LogP contribution in [-0.2, 0) is 0 Å². The topological polar surface area (TPSA) is 24.9 Å². The minimum atomic E-state index is 0.616. The molecule has 2 heterocycles. The van der Waals surface area contributed by atoms with Crippen LogP contribution in [-0.4, -0.2) is 18.1 Å². The summed E-state index contributed by atoms with van der Waals surface area (Å²) in [7, 11) is 0. The van der Waals surface area contributed by atoms with Crippen LogP contribution in [0, 0.1) is 12.3 Å². The van der Waals surface area contributed by atoms with Crippen LogP contribution in [0.5, 0.6) is 0 Å². The lowest BCUT2D eigenvalue weighted by atomic mass is 9.94. The van der Waals surface area contributed by atoms with E-state index in [-0.39, 0.29) is 0 Å². The molecule has 1 N–H and O–H groups in total. The van der Waals surface area contributed by atoms with E-state index in [2.05, 4.69) is 16.2 Å². The molecule has 1 aromatic rings. The lowest BCUT2D eigenvalue weighted by Gasteiger charge is -2.27. The predicted molar refractivity (Wildman–Crippen MR) is 47.8 cm³/mol. The first-order chi connectivity index (χ1) is 5.90. The SMILES string of the molecule is C#Cc1cncc(C2CNC2)c1. The van der Waals surface area contributed by atoms with Crippen LogP contribution in [0.4, 0.5) is 0 Å². The molecule has 0 amide bonds. The monoisotopic (exact) mass is 158 g/mol. The molecule has 0 aliphatic carbocycles. The molecular weight excluding hydrogens is 148 g/mol. The van der Waals surface area contributed by atoms with E-state index >= 15 is 0 Å². The van der Waals surface area contributed by atoms with Crippen LogP contribution in [0.2, 0.25) is 0 Å². The maximum Gasteiger partial charge on any atom is 0.0428 e. The van der Waals surface area contributed by atoms with Crippen molar-refractivity contribution < 1.29 is 0 Å². The number of hydrogen-bond donors (Lipinski definition) is 1. The first-order valence-electron chi connectivity index (χ1n) is 4.02. The van der Waals surface area contributed by atoms with E-state index in [0.29, 0.717) is 5.92 Å². The van der Waals surface area contributed by atoms with Gasteiger partial charge in [-0.1, -0.05) is 5.92 Å². The summed E-state index contributed by atoms with van der Waals surface area (Å²) < 4.78 is 0. The highest BCUT2D eigenvalue weighted by atomic mass is 14.9. The van der Waals surface area contributed by atoms with Crippen molar-refractivity contribution in [2.45, 2.75) is 5.92 Å². The van der Waals surface area contributed by atoms with Crippen molar-refractivity contribution >= 4 is 0 Å². The molecular formula is C10H10N2. The second kappa shape index (κ2) is 2.96. The molecule has 60 valence electrons. The molecule has 0 atom stereocenters. The average molecular weight is 158 g/mol. The third-order valence-corrected chi connectivity index (χ3v) is 2.18. The molecule has 2 rings (SSSR count). The zero-order chi connectivity index (χ0) is 8.39. The fourth-order valence-corrected chi connectivity index (χ4v) is 1.28. The molecule has 0 radical (unpaired) electrons. The summed E-state index contributed by atoms with van der Waals surface area (Å²) in [6.07, 6.45) is 8.89. The summed E-state index contributed by atoms with van der Waals surface area (Å²) in [5.41, 5.74) is 2.13. The van der Waals surface area contributed by atoms with Gasteiger partial charge >= 0.3 is 0 Å². The minimum absolute atomic E-state index is 0.616. The summed E-state index contributed by atoms with van der Waals surface area (Å²) in [6.45, 7) is 2.10. The Labute approximate surface area is 72.0 Å². The van der Waals surface area contributed by atoms with Crippen LogP contribution in [0.1, 0.15) is 17.0 Å². The van der Waals surface area contributed by atoms with Gasteiger partial charge in [0.15, 0.2) is 0 Å². The molecule has 1 saturated heterocycles. The number of terminal acetylenes is 1. The second-order valence-corrected chi connectivity index (χ2v) is 3.01. The zero-order valence-corrected chi connectivity index (χ0v) is 6.75. The van der Waals surface area contributed by atoms with E-state index in [9.17, 15) is 0 Å². The maximum absolute atomic E-state index is 5.27. The molecule has 1 aliphatic rings. The standard InChI is InChI=1S/C10H10N2/c1-2-8-3-9(5-11-4-8)10-6-12-7-10/h1,3-5,10,12H,6-7H2. The van der Waals surface area contributed by atoms with Crippen molar-refractivity contribution in [3.8, 4) is 12.3 Å². The zero-order valence-electron chi connectivity index (χ0n) is 6.75. The van der Waals surface area contributed by atoms with E-state index < -0.39 is 0 Å². The highest BCUT2D eigenvalue weighted by Crippen LogP contribution is 2.18. The summed E-state index contributed by atoms with van der Waals surface area (Å²) in [4.78, 5) is 4.09. The molecule has 1 fully saturated rings. The van der Waals surface area contributed by atoms with E-state index in [1.165, 1.54) is 5.56 Å². The van der Waals surface area contributed by atoms with Crippen molar-refractivity contribution in [1.29, 1.82) is 0 Å². The fraction of sp³-hybridized carbons (Fsp3) is 0.300. The van der Waals surface area contributed by atoms with Gasteiger partial charge in [0, 0.05) is 37.0 Å². The summed E-state index contributed by atoms with van der Waals surface area (Å²) in [5.74, 6) is 3.20. The fourth-order valence-electron chi connectivity index (χ4n) is 1.28. The summed E-state index contributed by atoms with van der Waals surface area (Å²) in [5, 5.41) is 3.22. The smallest absolute Gasteiger partial charge is 0.0428 e. The van der Waals surface area contributed by atoms with Crippen molar-refractivity contribution in [2.75, 3.05) is 13.1 Å². The van der Waals surface area contributed by atoms with Gasteiger partial charge in [0.05, 0.1) is 0 Å². The Kier molecular flexibility index (Phi) is 1.81. The van der Waals surface area contributed by atoms with E-state index in [1.807, 2.05) is 12.3 Å². The maximum atomic E-state index is 5.27. The Morgan fingerprint density at radius 2 is 2.33 bits per heavy atom. The molecule has 12 heavy (non-hydrogen) atoms. The van der Waals surface area contributed by atoms with Gasteiger partial charge in [-0.05, 0) is 11.6 Å². The number of rotatable bonds is 1. The molecule has 0 saturated carbocycles. The van der Waals surface area contributed by atoms with E-state index in [4.69, 9.17) is 6.42 Å². The van der Waals surface area contributed by atoms with E-state index in [1.54, 1.807) is 6.20 Å². The largest absolute Gasteiger partial charge is 0.315 e. The van der Waals surface area contributed by atoms with Gasteiger partial charge < -0.3 is 5.32 Å². The van der Waals surface area contributed by atoms with Crippen LogP contribution in [0.25, 0.3) is 0 Å². The number of aromatic nitrogens is 1. The van der Waals surface area contributed by atoms with Gasteiger partial charge in [0.2, 0.25) is 0 Å². The Bertz CT molecular complexity index is 321. The van der Waals surface area contributed by atoms with Crippen molar-refractivity contribution in [2.24, 2.45) is 0 Å². The molecule has 0 unspecified atom stereocenters. The van der Waals surface area contributed by atoms with Crippen molar-refractivity contribution in [3.05, 3.63) is 29.6 Å². The lowest BCUT2D eigenvalue weighted by Crippen LogP contribution is -2.39. The molecule has 2 heteroatoms. The number of nitrogens with zero attached hydrogens (tertiary/aromatic N) is 1. The normalized spacial score (nSPS) is 16.6. The first kappa shape index (κ1) is 7.33. The van der Waals surface area contributed by atoms with Gasteiger partial charge in [-0.15, -0.1) is 6.42 Å². The van der Waals surface area contributed by atoms with Gasteiger partial charge in [-0.2, -0.15) is 0 Å². The average Bonchev–Trinajstić information content (AvgIpc) is 2.02. The minimum Gasteiger partial charge on any atom is -0.315 e. The number of nitrogens with one attached hydrogen (secondary N) is 1. The number of hydrogen-bond acceptors (Lipinski definition) is 2. The van der Waals surface area contributed by atoms with Gasteiger partial charge in [-0.25, -0.2) is 0 Å².